The molecule has 0 atom stereocenters. The van der Waals surface area contributed by atoms with E-state index in [1.54, 1.807) is 24.3 Å². The summed E-state index contributed by atoms with van der Waals surface area (Å²) in [4.78, 5) is 20.7. The molecule has 0 saturated heterocycles. The van der Waals surface area contributed by atoms with Gasteiger partial charge in [-0.25, -0.2) is 4.79 Å². The van der Waals surface area contributed by atoms with Crippen LogP contribution in [0.15, 0.2) is 24.3 Å². The number of methoxy groups -OCH3 is 1. The van der Waals surface area contributed by atoms with Crippen LogP contribution in [0, 0.1) is 0 Å². The molecule has 0 heterocycles. The Morgan fingerprint density at radius 2 is 2.25 bits per heavy atom. The van der Waals surface area contributed by atoms with Gasteiger partial charge in [0.25, 0.3) is 0 Å². The predicted molar refractivity (Wildman–Crippen MR) is 58.0 cm³/mol. The van der Waals surface area contributed by atoms with Crippen molar-refractivity contribution in [3.63, 3.8) is 0 Å². The molecular formula is C11H15NO4. The van der Waals surface area contributed by atoms with E-state index >= 15 is 0 Å². The van der Waals surface area contributed by atoms with E-state index in [1.807, 2.05) is 0 Å². The number of carbonyl (C=O) groups excluding carboxylic acids is 1. The number of carbonyl (C=O) groups is 1. The molecule has 0 aliphatic heterocycles. The minimum atomic E-state index is -0.545. The third kappa shape index (κ3) is 3.88. The Morgan fingerprint density at radius 1 is 1.44 bits per heavy atom. The lowest BCUT2D eigenvalue weighted by atomic mass is 10.2. The third-order valence-electron chi connectivity index (χ3n) is 1.87. The Balaban J connectivity index is 2.46. The zero-order valence-corrected chi connectivity index (χ0v) is 9.14. The first-order chi connectivity index (χ1) is 7.77. The second-order valence-electron chi connectivity index (χ2n) is 3.07. The van der Waals surface area contributed by atoms with E-state index in [4.69, 9.17) is 15.4 Å². The molecule has 1 rings (SSSR count). The van der Waals surface area contributed by atoms with Crippen molar-refractivity contribution in [3.05, 3.63) is 29.8 Å². The number of hydrogen-bond acceptors (Lipinski definition) is 5. The van der Waals surface area contributed by atoms with E-state index in [-0.39, 0.29) is 0 Å². The molecule has 1 aromatic carbocycles. The SMILES string of the molecule is COc1cccc(C(=O)OOCCCN)c1. The normalized spacial score (nSPS) is 9.88. The Kier molecular flexibility index (Phi) is 5.31. The molecule has 5 nitrogen and oxygen atoms in total. The molecule has 0 aliphatic rings. The van der Waals surface area contributed by atoms with E-state index < -0.39 is 5.97 Å². The summed E-state index contributed by atoms with van der Waals surface area (Å²) in [7, 11) is 1.53. The molecule has 0 fully saturated rings. The smallest absolute Gasteiger partial charge is 0.373 e. The monoisotopic (exact) mass is 225 g/mol. The largest absolute Gasteiger partial charge is 0.497 e. The highest BCUT2D eigenvalue weighted by molar-refractivity contribution is 5.89. The van der Waals surface area contributed by atoms with Gasteiger partial charge in [-0.15, -0.1) is 0 Å². The van der Waals surface area contributed by atoms with Crippen molar-refractivity contribution in [2.45, 2.75) is 6.42 Å². The fourth-order valence-corrected chi connectivity index (χ4v) is 1.04. The summed E-state index contributed by atoms with van der Waals surface area (Å²) in [6, 6.07) is 6.65. The van der Waals surface area contributed by atoms with Gasteiger partial charge in [0, 0.05) is 0 Å². The number of nitrogens with two attached hydrogens (primary N) is 1. The third-order valence-corrected chi connectivity index (χ3v) is 1.87. The molecule has 0 radical (unpaired) electrons. The fraction of sp³-hybridized carbons (Fsp3) is 0.364. The summed E-state index contributed by atoms with van der Waals surface area (Å²) in [6.45, 7) is 0.795. The molecule has 0 spiro atoms. The van der Waals surface area contributed by atoms with Gasteiger partial charge < -0.3 is 10.5 Å². The van der Waals surface area contributed by atoms with Gasteiger partial charge in [-0.3, -0.25) is 4.89 Å². The zero-order valence-electron chi connectivity index (χ0n) is 9.14. The van der Waals surface area contributed by atoms with Gasteiger partial charge in [0.05, 0.1) is 19.3 Å². The maximum absolute atomic E-state index is 11.4. The first-order valence-electron chi connectivity index (χ1n) is 4.96. The average Bonchev–Trinajstić information content (AvgIpc) is 2.34. The highest BCUT2D eigenvalue weighted by Gasteiger charge is 2.08. The number of hydrogen-bond donors (Lipinski definition) is 1. The highest BCUT2D eigenvalue weighted by Crippen LogP contribution is 2.13. The summed E-state index contributed by atoms with van der Waals surface area (Å²) < 4.78 is 4.98. The van der Waals surface area contributed by atoms with Crippen LogP contribution in [-0.2, 0) is 9.78 Å². The first-order valence-corrected chi connectivity index (χ1v) is 4.96. The lowest BCUT2D eigenvalue weighted by Gasteiger charge is -2.04. The number of rotatable bonds is 6. The predicted octanol–water partition coefficient (Wildman–Crippen LogP) is 1.13. The molecule has 0 unspecified atom stereocenters. The van der Waals surface area contributed by atoms with E-state index in [1.165, 1.54) is 7.11 Å². The second-order valence-corrected chi connectivity index (χ2v) is 3.07. The Hall–Kier alpha value is -1.59. The lowest BCUT2D eigenvalue weighted by molar-refractivity contribution is -0.240. The van der Waals surface area contributed by atoms with Gasteiger partial charge >= 0.3 is 5.97 Å². The van der Waals surface area contributed by atoms with Crippen molar-refractivity contribution in [1.29, 1.82) is 0 Å². The van der Waals surface area contributed by atoms with Crippen LogP contribution in [0.25, 0.3) is 0 Å². The lowest BCUT2D eigenvalue weighted by Crippen LogP contribution is -2.09. The Bertz CT molecular complexity index is 341. The van der Waals surface area contributed by atoms with E-state index in [2.05, 4.69) is 4.89 Å². The fourth-order valence-electron chi connectivity index (χ4n) is 1.04. The van der Waals surface area contributed by atoms with Crippen molar-refractivity contribution in [3.8, 4) is 5.75 Å². The van der Waals surface area contributed by atoms with Crippen LogP contribution in [0.3, 0.4) is 0 Å². The van der Waals surface area contributed by atoms with Crippen LogP contribution in [0.5, 0.6) is 5.75 Å². The molecule has 0 aromatic heterocycles. The maximum Gasteiger partial charge on any atom is 0.373 e. The van der Waals surface area contributed by atoms with Crippen molar-refractivity contribution in [1.82, 2.24) is 0 Å². The van der Waals surface area contributed by atoms with Gasteiger partial charge in [-0.1, -0.05) is 6.07 Å². The minimum Gasteiger partial charge on any atom is -0.497 e. The standard InChI is InChI=1S/C11H15NO4/c1-14-10-5-2-4-9(8-10)11(13)16-15-7-3-6-12/h2,4-5,8H,3,6-7,12H2,1H3. The molecule has 0 bridgehead atoms. The van der Waals surface area contributed by atoms with Gasteiger partial charge in [-0.2, -0.15) is 4.89 Å². The number of ether oxygens (including phenoxy) is 1. The Labute approximate surface area is 94.0 Å². The van der Waals surface area contributed by atoms with Gasteiger partial charge in [-0.05, 0) is 31.2 Å². The summed E-state index contributed by atoms with van der Waals surface area (Å²) in [5.41, 5.74) is 5.64. The number of benzene rings is 1. The summed E-state index contributed by atoms with van der Waals surface area (Å²) in [5.74, 6) is 0.0485. The molecular weight excluding hydrogens is 210 g/mol. The molecule has 0 amide bonds. The highest BCUT2D eigenvalue weighted by atomic mass is 17.2. The van der Waals surface area contributed by atoms with Crippen LogP contribution < -0.4 is 10.5 Å². The van der Waals surface area contributed by atoms with Crippen molar-refractivity contribution in [2.24, 2.45) is 5.73 Å². The van der Waals surface area contributed by atoms with Gasteiger partial charge in [0.15, 0.2) is 0 Å². The Morgan fingerprint density at radius 3 is 2.94 bits per heavy atom. The van der Waals surface area contributed by atoms with Crippen molar-refractivity contribution >= 4 is 5.97 Å². The van der Waals surface area contributed by atoms with Crippen molar-refractivity contribution < 1.29 is 19.3 Å². The minimum absolute atomic E-state index is 0.298. The molecule has 0 aliphatic carbocycles. The molecule has 88 valence electrons. The molecule has 5 heteroatoms. The summed E-state index contributed by atoms with van der Waals surface area (Å²) in [6.07, 6.45) is 0.644. The van der Waals surface area contributed by atoms with Gasteiger partial charge in [0.2, 0.25) is 0 Å². The first kappa shape index (κ1) is 12.5. The average molecular weight is 225 g/mol. The van der Waals surface area contributed by atoms with Gasteiger partial charge in [0.1, 0.15) is 5.75 Å². The van der Waals surface area contributed by atoms with Crippen LogP contribution in [0.1, 0.15) is 16.8 Å². The molecule has 1 aromatic rings. The van der Waals surface area contributed by atoms with Crippen molar-refractivity contribution in [2.75, 3.05) is 20.3 Å². The zero-order chi connectivity index (χ0) is 11.8. The van der Waals surface area contributed by atoms with E-state index in [9.17, 15) is 4.79 Å². The van der Waals surface area contributed by atoms with Crippen LogP contribution >= 0.6 is 0 Å². The van der Waals surface area contributed by atoms with Crippen LogP contribution in [0.2, 0.25) is 0 Å². The van der Waals surface area contributed by atoms with E-state index in [0.29, 0.717) is 30.9 Å². The molecule has 16 heavy (non-hydrogen) atoms. The topological polar surface area (TPSA) is 70.8 Å². The second kappa shape index (κ2) is 6.81. The quantitative estimate of drug-likeness (QED) is 0.446. The summed E-state index contributed by atoms with van der Waals surface area (Å²) in [5, 5.41) is 0. The molecule has 0 saturated carbocycles. The molecule has 2 N–H and O–H groups in total. The van der Waals surface area contributed by atoms with Crippen LogP contribution in [0.4, 0.5) is 0 Å². The maximum atomic E-state index is 11.4. The van der Waals surface area contributed by atoms with Crippen LogP contribution in [-0.4, -0.2) is 26.2 Å². The summed E-state index contributed by atoms with van der Waals surface area (Å²) >= 11 is 0. The van der Waals surface area contributed by atoms with E-state index in [0.717, 1.165) is 0 Å².